The molecule has 0 amide bonds. The summed E-state index contributed by atoms with van der Waals surface area (Å²) in [5.41, 5.74) is 1.71. The van der Waals surface area contributed by atoms with Gasteiger partial charge in [-0.25, -0.2) is 8.42 Å². The van der Waals surface area contributed by atoms with Crippen LogP contribution in [0, 0.1) is 5.41 Å². The fraction of sp³-hybridized carbons (Fsp3) is 0.882. The van der Waals surface area contributed by atoms with E-state index in [0.29, 0.717) is 11.5 Å². The van der Waals surface area contributed by atoms with Gasteiger partial charge in [0, 0.05) is 0 Å². The Labute approximate surface area is 130 Å². The molecule has 1 aliphatic heterocycles. The molecule has 0 N–H and O–H groups in total. The van der Waals surface area contributed by atoms with Crippen molar-refractivity contribution in [3.8, 4) is 0 Å². The van der Waals surface area contributed by atoms with Crippen LogP contribution in [0.2, 0.25) is 0 Å². The third kappa shape index (κ3) is 5.32. The summed E-state index contributed by atoms with van der Waals surface area (Å²) in [6.45, 7) is 2.97. The maximum atomic E-state index is 11.6. The number of rotatable bonds is 6. The lowest BCUT2D eigenvalue weighted by atomic mass is 9.76. The van der Waals surface area contributed by atoms with Gasteiger partial charge < -0.3 is 4.74 Å². The van der Waals surface area contributed by atoms with Crippen LogP contribution in [0.4, 0.5) is 0 Å². The summed E-state index contributed by atoms with van der Waals surface area (Å²) in [5, 5.41) is 0. The van der Waals surface area contributed by atoms with Crippen LogP contribution < -0.4 is 0 Å². The average Bonchev–Trinajstić information content (AvgIpc) is 2.50. The van der Waals surface area contributed by atoms with Gasteiger partial charge in [-0.3, -0.25) is 0 Å². The zero-order chi connectivity index (χ0) is 15.2. The minimum atomic E-state index is -2.75. The topological polar surface area (TPSA) is 43.4 Å². The molecule has 1 aliphatic carbocycles. The van der Waals surface area contributed by atoms with Crippen LogP contribution in [0.1, 0.15) is 71.1 Å². The van der Waals surface area contributed by atoms with E-state index in [1.165, 1.54) is 37.7 Å². The first-order chi connectivity index (χ1) is 10.1. The molecule has 2 fully saturated rings. The minimum absolute atomic E-state index is 0.243. The summed E-state index contributed by atoms with van der Waals surface area (Å²) in [6.07, 6.45) is 13.3. The van der Waals surface area contributed by atoms with Gasteiger partial charge in [0.2, 0.25) is 0 Å². The molecule has 21 heavy (non-hydrogen) atoms. The van der Waals surface area contributed by atoms with Gasteiger partial charge in [-0.15, -0.1) is 0 Å². The van der Waals surface area contributed by atoms with Crippen LogP contribution in [0.15, 0.2) is 11.8 Å². The maximum absolute atomic E-state index is 11.6. The van der Waals surface area contributed by atoms with E-state index in [2.05, 4.69) is 6.92 Å². The van der Waals surface area contributed by atoms with Crippen LogP contribution >= 0.6 is 0 Å². The lowest BCUT2D eigenvalue weighted by Crippen LogP contribution is -2.33. The monoisotopic (exact) mass is 314 g/mol. The summed E-state index contributed by atoms with van der Waals surface area (Å²) in [4.78, 5) is 0. The lowest BCUT2D eigenvalue weighted by molar-refractivity contribution is 0.174. The van der Waals surface area contributed by atoms with Crippen molar-refractivity contribution < 1.29 is 13.2 Å². The number of hydrogen-bond donors (Lipinski definition) is 0. The van der Waals surface area contributed by atoms with Crippen LogP contribution in [0.5, 0.6) is 0 Å². The van der Waals surface area contributed by atoms with E-state index < -0.39 is 9.84 Å². The molecule has 0 atom stereocenters. The molecule has 0 unspecified atom stereocenters. The van der Waals surface area contributed by atoms with Crippen molar-refractivity contribution in [1.29, 1.82) is 0 Å². The van der Waals surface area contributed by atoms with E-state index in [-0.39, 0.29) is 5.41 Å². The fourth-order valence-corrected chi connectivity index (χ4v) is 5.27. The second kappa shape index (κ2) is 7.66. The predicted molar refractivity (Wildman–Crippen MR) is 87.0 cm³/mol. The Hall–Kier alpha value is -0.510. The molecule has 0 spiro atoms. The highest BCUT2D eigenvalue weighted by Crippen LogP contribution is 2.40. The Morgan fingerprint density at radius 2 is 1.81 bits per heavy atom. The van der Waals surface area contributed by atoms with E-state index in [0.717, 1.165) is 38.7 Å². The molecule has 1 saturated carbocycles. The molecule has 0 bridgehead atoms. The highest BCUT2D eigenvalue weighted by atomic mass is 32.2. The molecule has 1 heterocycles. The number of ether oxygens (including phenoxy) is 1. The van der Waals surface area contributed by atoms with Crippen molar-refractivity contribution in [2.24, 2.45) is 5.41 Å². The van der Waals surface area contributed by atoms with Crippen LogP contribution in [0.25, 0.3) is 0 Å². The zero-order valence-corrected chi connectivity index (χ0v) is 14.2. The first kappa shape index (κ1) is 16.9. The van der Waals surface area contributed by atoms with Crippen LogP contribution in [0.3, 0.4) is 0 Å². The van der Waals surface area contributed by atoms with Crippen molar-refractivity contribution >= 4 is 9.84 Å². The summed E-state index contributed by atoms with van der Waals surface area (Å²) in [6, 6.07) is 0. The summed E-state index contributed by atoms with van der Waals surface area (Å²) < 4.78 is 28.9. The van der Waals surface area contributed by atoms with Gasteiger partial charge in [0.15, 0.2) is 0 Å². The van der Waals surface area contributed by atoms with Gasteiger partial charge in [-0.1, -0.05) is 19.8 Å². The van der Waals surface area contributed by atoms with Crippen molar-refractivity contribution in [2.45, 2.75) is 71.1 Å². The largest absolute Gasteiger partial charge is 0.501 e. The van der Waals surface area contributed by atoms with Gasteiger partial charge in [-0.05, 0) is 62.4 Å². The van der Waals surface area contributed by atoms with E-state index in [9.17, 15) is 8.42 Å². The molecule has 122 valence electrons. The van der Waals surface area contributed by atoms with Gasteiger partial charge in [0.1, 0.15) is 9.84 Å². The van der Waals surface area contributed by atoms with Gasteiger partial charge in [0.05, 0.1) is 24.4 Å². The Morgan fingerprint density at radius 3 is 2.43 bits per heavy atom. The number of hydrogen-bond acceptors (Lipinski definition) is 3. The Morgan fingerprint density at radius 1 is 1.14 bits per heavy atom. The van der Waals surface area contributed by atoms with Crippen molar-refractivity contribution in [3.05, 3.63) is 11.8 Å². The quantitative estimate of drug-likeness (QED) is 0.544. The number of sulfone groups is 1. The second-order valence-corrected chi connectivity index (χ2v) is 9.12. The van der Waals surface area contributed by atoms with Gasteiger partial charge >= 0.3 is 0 Å². The molecule has 0 radical (unpaired) electrons. The Kier molecular flexibility index (Phi) is 6.15. The van der Waals surface area contributed by atoms with Crippen LogP contribution in [-0.4, -0.2) is 26.5 Å². The molecule has 0 aromatic carbocycles. The van der Waals surface area contributed by atoms with Crippen molar-refractivity contribution in [2.75, 3.05) is 18.1 Å². The SMILES string of the molecule is CCC1(CCCOC=C2CCCCC2)CCS(=O)(=O)CC1. The summed E-state index contributed by atoms with van der Waals surface area (Å²) in [7, 11) is -2.75. The molecule has 2 aliphatic rings. The average molecular weight is 314 g/mol. The smallest absolute Gasteiger partial charge is 0.150 e. The maximum Gasteiger partial charge on any atom is 0.150 e. The zero-order valence-electron chi connectivity index (χ0n) is 13.4. The highest BCUT2D eigenvalue weighted by molar-refractivity contribution is 7.91. The van der Waals surface area contributed by atoms with Gasteiger partial charge in [-0.2, -0.15) is 0 Å². The third-order valence-electron chi connectivity index (χ3n) is 5.35. The molecule has 3 nitrogen and oxygen atoms in total. The van der Waals surface area contributed by atoms with E-state index in [4.69, 9.17) is 4.74 Å². The first-order valence-corrected chi connectivity index (χ1v) is 10.4. The Balaban J connectivity index is 1.69. The summed E-state index contributed by atoms with van der Waals surface area (Å²) in [5.74, 6) is 0.761. The molecule has 1 saturated heterocycles. The minimum Gasteiger partial charge on any atom is -0.501 e. The van der Waals surface area contributed by atoms with E-state index in [1.807, 2.05) is 6.26 Å². The second-order valence-electron chi connectivity index (χ2n) is 6.82. The van der Waals surface area contributed by atoms with Crippen molar-refractivity contribution in [1.82, 2.24) is 0 Å². The molecule has 4 heteroatoms. The summed E-state index contributed by atoms with van der Waals surface area (Å²) >= 11 is 0. The van der Waals surface area contributed by atoms with E-state index >= 15 is 0 Å². The Bertz CT molecular complexity index is 429. The molecular formula is C17H30O3S. The molecule has 0 aromatic rings. The molecule has 2 rings (SSSR count). The lowest BCUT2D eigenvalue weighted by Gasteiger charge is -2.36. The first-order valence-electron chi connectivity index (χ1n) is 8.55. The van der Waals surface area contributed by atoms with Crippen molar-refractivity contribution in [3.63, 3.8) is 0 Å². The molecule has 0 aromatic heterocycles. The third-order valence-corrected chi connectivity index (χ3v) is 7.00. The predicted octanol–water partition coefficient (Wildman–Crippen LogP) is 4.24. The van der Waals surface area contributed by atoms with Crippen LogP contribution in [-0.2, 0) is 14.6 Å². The van der Waals surface area contributed by atoms with Gasteiger partial charge in [0.25, 0.3) is 0 Å². The highest BCUT2D eigenvalue weighted by Gasteiger charge is 2.35. The fourth-order valence-electron chi connectivity index (χ4n) is 3.58. The van der Waals surface area contributed by atoms with E-state index in [1.54, 1.807) is 0 Å². The standard InChI is InChI=1S/C17H30O3S/c1-2-17(10-13-21(18,19)14-11-17)9-6-12-20-15-16-7-4-3-5-8-16/h15H,2-14H2,1H3. The normalized spacial score (nSPS) is 24.5. The molecular weight excluding hydrogens is 284 g/mol. The number of allylic oxidation sites excluding steroid dienone is 1.